The number of nitrogens with one attached hydrogen (secondary N) is 1. The molecule has 0 saturated heterocycles. The van der Waals surface area contributed by atoms with Gasteiger partial charge < -0.3 is 28.4 Å². The van der Waals surface area contributed by atoms with Gasteiger partial charge in [-0.1, -0.05) is 0 Å². The number of carbonyl (C=O) groups is 2. The highest BCUT2D eigenvalue weighted by Crippen LogP contribution is 2.35. The summed E-state index contributed by atoms with van der Waals surface area (Å²) in [5.74, 6) is 1.94. The number of rotatable bonds is 10. The van der Waals surface area contributed by atoms with Crippen molar-refractivity contribution in [3.63, 3.8) is 0 Å². The minimum atomic E-state index is -0.533. The number of esters is 1. The van der Waals surface area contributed by atoms with E-state index in [9.17, 15) is 9.59 Å². The maximum Gasteiger partial charge on any atom is 0.343 e. The van der Waals surface area contributed by atoms with Gasteiger partial charge in [-0.15, -0.1) is 0 Å². The molecule has 1 N–H and O–H groups in total. The summed E-state index contributed by atoms with van der Waals surface area (Å²) in [4.78, 5) is 24.6. The van der Waals surface area contributed by atoms with Gasteiger partial charge in [0.25, 0.3) is 5.91 Å². The Morgan fingerprint density at radius 2 is 1.72 bits per heavy atom. The van der Waals surface area contributed by atoms with Crippen LogP contribution in [0.15, 0.2) is 65.8 Å². The van der Waals surface area contributed by atoms with E-state index in [2.05, 4.69) is 10.5 Å². The number of fused-ring (bicyclic) bond motifs is 1. The molecule has 0 unspecified atom stereocenters. The molecular formula is C26H24N2O8. The van der Waals surface area contributed by atoms with Crippen molar-refractivity contribution in [1.29, 1.82) is 0 Å². The van der Waals surface area contributed by atoms with Gasteiger partial charge in [0.15, 0.2) is 29.6 Å². The maximum absolute atomic E-state index is 12.5. The number of carbonyl (C=O) groups excluding carboxylic acids is 2. The second-order valence-electron chi connectivity index (χ2n) is 7.35. The molecule has 0 saturated carbocycles. The SMILES string of the molecule is CCOc1cc(C=NNC(=O)COc2ccc3c(c2)OCO3)ccc1OC(=O)c1ccc(OC)cc1. The summed E-state index contributed by atoms with van der Waals surface area (Å²) in [7, 11) is 1.55. The van der Waals surface area contributed by atoms with Crippen LogP contribution in [0.25, 0.3) is 0 Å². The molecule has 1 aliphatic rings. The highest BCUT2D eigenvalue weighted by atomic mass is 16.7. The molecule has 36 heavy (non-hydrogen) atoms. The van der Waals surface area contributed by atoms with Gasteiger partial charge in [0.05, 0.1) is 25.5 Å². The zero-order valence-corrected chi connectivity index (χ0v) is 19.7. The molecule has 0 fully saturated rings. The first kappa shape index (κ1) is 24.4. The third kappa shape index (κ3) is 6.23. The Balaban J connectivity index is 1.32. The number of ether oxygens (including phenoxy) is 6. The van der Waals surface area contributed by atoms with Gasteiger partial charge in [-0.25, -0.2) is 10.2 Å². The van der Waals surface area contributed by atoms with Crippen LogP contribution in [0.5, 0.6) is 34.5 Å². The molecule has 0 aromatic heterocycles. The average molecular weight is 492 g/mol. The van der Waals surface area contributed by atoms with Crippen LogP contribution in [0.2, 0.25) is 0 Å². The van der Waals surface area contributed by atoms with E-state index in [1.807, 2.05) is 6.92 Å². The van der Waals surface area contributed by atoms with Crippen molar-refractivity contribution in [2.45, 2.75) is 6.92 Å². The van der Waals surface area contributed by atoms with Crippen LogP contribution in [-0.4, -0.2) is 45.2 Å². The number of hydrogen-bond donors (Lipinski definition) is 1. The average Bonchev–Trinajstić information content (AvgIpc) is 3.37. The van der Waals surface area contributed by atoms with Crippen LogP contribution in [0.4, 0.5) is 0 Å². The van der Waals surface area contributed by atoms with Gasteiger partial charge in [0, 0.05) is 6.07 Å². The summed E-state index contributed by atoms with van der Waals surface area (Å²) in [6.07, 6.45) is 1.44. The van der Waals surface area contributed by atoms with Gasteiger partial charge in [-0.2, -0.15) is 5.10 Å². The van der Waals surface area contributed by atoms with Gasteiger partial charge in [-0.3, -0.25) is 4.79 Å². The number of hydrazone groups is 1. The van der Waals surface area contributed by atoms with Crippen LogP contribution in [0.1, 0.15) is 22.8 Å². The molecule has 0 bridgehead atoms. The van der Waals surface area contributed by atoms with Crippen LogP contribution in [0, 0.1) is 0 Å². The van der Waals surface area contributed by atoms with Crippen molar-refractivity contribution >= 4 is 18.1 Å². The molecule has 1 heterocycles. The Morgan fingerprint density at radius 1 is 0.944 bits per heavy atom. The third-order valence-corrected chi connectivity index (χ3v) is 4.91. The maximum atomic E-state index is 12.5. The van der Waals surface area contributed by atoms with Crippen molar-refractivity contribution in [3.05, 3.63) is 71.8 Å². The highest BCUT2D eigenvalue weighted by Gasteiger charge is 2.15. The molecule has 4 rings (SSSR count). The smallest absolute Gasteiger partial charge is 0.343 e. The fourth-order valence-corrected chi connectivity index (χ4v) is 3.17. The molecule has 10 heteroatoms. The summed E-state index contributed by atoms with van der Waals surface area (Å²) in [5, 5.41) is 3.94. The summed E-state index contributed by atoms with van der Waals surface area (Å²) in [6.45, 7) is 2.10. The van der Waals surface area contributed by atoms with Crippen LogP contribution in [-0.2, 0) is 4.79 Å². The Bertz CT molecular complexity index is 1260. The zero-order valence-electron chi connectivity index (χ0n) is 19.7. The molecule has 0 aliphatic carbocycles. The molecule has 1 aliphatic heterocycles. The van der Waals surface area contributed by atoms with E-state index in [-0.39, 0.29) is 19.1 Å². The van der Waals surface area contributed by atoms with Gasteiger partial charge in [0.2, 0.25) is 6.79 Å². The Hall–Kier alpha value is -4.73. The number of methoxy groups -OCH3 is 1. The first-order chi connectivity index (χ1) is 17.6. The van der Waals surface area contributed by atoms with Crippen molar-refractivity contribution in [2.24, 2.45) is 5.10 Å². The van der Waals surface area contributed by atoms with E-state index in [4.69, 9.17) is 28.4 Å². The number of hydrogen-bond acceptors (Lipinski definition) is 9. The Kier molecular flexibility index (Phi) is 7.87. The molecule has 3 aromatic rings. The van der Waals surface area contributed by atoms with Crippen molar-refractivity contribution in [3.8, 4) is 34.5 Å². The second-order valence-corrected chi connectivity index (χ2v) is 7.35. The van der Waals surface area contributed by atoms with Crippen molar-refractivity contribution in [1.82, 2.24) is 5.43 Å². The molecule has 1 amide bonds. The fourth-order valence-electron chi connectivity index (χ4n) is 3.17. The normalized spacial score (nSPS) is 11.7. The Morgan fingerprint density at radius 3 is 2.50 bits per heavy atom. The molecule has 0 radical (unpaired) electrons. The van der Waals surface area contributed by atoms with Gasteiger partial charge in [-0.05, 0) is 67.1 Å². The van der Waals surface area contributed by atoms with E-state index >= 15 is 0 Å². The van der Waals surface area contributed by atoms with Crippen LogP contribution in [0.3, 0.4) is 0 Å². The topological polar surface area (TPSA) is 114 Å². The molecule has 3 aromatic carbocycles. The third-order valence-electron chi connectivity index (χ3n) is 4.91. The first-order valence-electron chi connectivity index (χ1n) is 11.0. The summed E-state index contributed by atoms with van der Waals surface area (Å²) in [5.41, 5.74) is 3.39. The van der Waals surface area contributed by atoms with Crippen LogP contribution < -0.4 is 33.8 Å². The highest BCUT2D eigenvalue weighted by molar-refractivity contribution is 5.92. The van der Waals surface area contributed by atoms with E-state index in [0.717, 1.165) is 0 Å². The van der Waals surface area contributed by atoms with Gasteiger partial charge in [0.1, 0.15) is 11.5 Å². The van der Waals surface area contributed by atoms with E-state index in [1.165, 1.54) is 6.21 Å². The molecule has 0 atom stereocenters. The number of benzene rings is 3. The molecule has 0 spiro atoms. The van der Waals surface area contributed by atoms with Crippen molar-refractivity contribution in [2.75, 3.05) is 27.1 Å². The predicted molar refractivity (Wildman–Crippen MR) is 129 cm³/mol. The van der Waals surface area contributed by atoms with E-state index < -0.39 is 11.9 Å². The first-order valence-corrected chi connectivity index (χ1v) is 11.0. The quantitative estimate of drug-likeness (QED) is 0.198. The molecule has 186 valence electrons. The lowest BCUT2D eigenvalue weighted by Gasteiger charge is -2.11. The van der Waals surface area contributed by atoms with E-state index in [0.29, 0.717) is 46.5 Å². The predicted octanol–water partition coefficient (Wildman–Crippen LogP) is 3.57. The zero-order chi connectivity index (χ0) is 25.3. The lowest BCUT2D eigenvalue weighted by atomic mass is 10.2. The summed E-state index contributed by atoms with van der Waals surface area (Å²) in [6, 6.07) is 16.5. The fraction of sp³-hybridized carbons (Fsp3) is 0.192. The van der Waals surface area contributed by atoms with Gasteiger partial charge >= 0.3 is 5.97 Å². The number of nitrogens with zero attached hydrogens (tertiary/aromatic N) is 1. The lowest BCUT2D eigenvalue weighted by Crippen LogP contribution is -2.24. The monoisotopic (exact) mass is 492 g/mol. The standard InChI is InChI=1S/C26H24N2O8/c1-3-32-23-12-17(4-10-22(23)36-26(30)18-5-7-19(31-2)8-6-18)14-27-28-25(29)15-33-20-9-11-21-24(13-20)35-16-34-21/h4-14H,3,15-16H2,1-2H3,(H,28,29). The van der Waals surface area contributed by atoms with Crippen molar-refractivity contribution < 1.29 is 38.0 Å². The molecule has 10 nitrogen and oxygen atoms in total. The Labute approximate surface area is 207 Å². The summed E-state index contributed by atoms with van der Waals surface area (Å²) >= 11 is 0. The number of amides is 1. The summed E-state index contributed by atoms with van der Waals surface area (Å²) < 4.78 is 32.2. The van der Waals surface area contributed by atoms with Crippen LogP contribution >= 0.6 is 0 Å². The van der Waals surface area contributed by atoms with E-state index in [1.54, 1.807) is 67.8 Å². The largest absolute Gasteiger partial charge is 0.497 e. The lowest BCUT2D eigenvalue weighted by molar-refractivity contribution is -0.123. The minimum absolute atomic E-state index is 0.158. The second kappa shape index (κ2) is 11.6. The minimum Gasteiger partial charge on any atom is -0.497 e. The molecular weight excluding hydrogens is 468 g/mol.